The number of anilines is 1. The van der Waals surface area contributed by atoms with E-state index in [0.717, 1.165) is 0 Å². The fourth-order valence-electron chi connectivity index (χ4n) is 1.90. The van der Waals surface area contributed by atoms with Crippen molar-refractivity contribution in [2.45, 2.75) is 33.7 Å². The average Bonchev–Trinajstić information content (AvgIpc) is 2.34. The Morgan fingerprint density at radius 1 is 1.37 bits per heavy atom. The molecule has 1 rings (SSSR count). The van der Waals surface area contributed by atoms with E-state index < -0.39 is 5.97 Å². The van der Waals surface area contributed by atoms with E-state index in [1.165, 1.54) is 0 Å². The van der Waals surface area contributed by atoms with Crippen molar-refractivity contribution in [3.05, 3.63) is 23.8 Å². The number of hydrogen-bond acceptors (Lipinski definition) is 3. The first-order chi connectivity index (χ1) is 8.68. The summed E-state index contributed by atoms with van der Waals surface area (Å²) >= 11 is 0. The minimum Gasteiger partial charge on any atom is -0.497 e. The van der Waals surface area contributed by atoms with Gasteiger partial charge in [0.05, 0.1) is 18.4 Å². The summed E-state index contributed by atoms with van der Waals surface area (Å²) in [6.45, 7) is 8.49. The summed E-state index contributed by atoms with van der Waals surface area (Å²) in [7, 11) is 3.49. The molecule has 0 radical (unpaired) electrons. The van der Waals surface area contributed by atoms with Crippen molar-refractivity contribution in [2.75, 3.05) is 19.1 Å². The lowest BCUT2D eigenvalue weighted by atomic mass is 9.86. The molecular weight excluding hydrogens is 242 g/mol. The predicted octanol–water partition coefficient (Wildman–Crippen LogP) is 3.26. The van der Waals surface area contributed by atoms with Crippen molar-refractivity contribution in [3.8, 4) is 5.75 Å². The lowest BCUT2D eigenvalue weighted by molar-refractivity contribution is 0.0697. The van der Waals surface area contributed by atoms with Crippen LogP contribution in [0.4, 0.5) is 5.69 Å². The second-order valence-electron chi connectivity index (χ2n) is 5.84. The minimum absolute atomic E-state index is 0.0492. The molecule has 1 unspecified atom stereocenters. The SMILES string of the molecule is COc1ccc(C(=O)O)c(N(C)C(C)C(C)(C)C)c1. The third-order valence-corrected chi connectivity index (χ3v) is 3.65. The maximum atomic E-state index is 11.3. The molecule has 0 heterocycles. The maximum Gasteiger partial charge on any atom is 0.337 e. The van der Waals surface area contributed by atoms with Crippen LogP contribution in [0.2, 0.25) is 0 Å². The Hall–Kier alpha value is -1.71. The number of carbonyl (C=O) groups is 1. The van der Waals surface area contributed by atoms with Gasteiger partial charge in [0.1, 0.15) is 5.75 Å². The maximum absolute atomic E-state index is 11.3. The molecule has 0 saturated heterocycles. The van der Waals surface area contributed by atoms with Crippen molar-refractivity contribution < 1.29 is 14.6 Å². The Labute approximate surface area is 115 Å². The molecule has 1 atom stereocenters. The lowest BCUT2D eigenvalue weighted by Gasteiger charge is -2.37. The highest BCUT2D eigenvalue weighted by molar-refractivity contribution is 5.94. The first-order valence-electron chi connectivity index (χ1n) is 6.32. The van der Waals surface area contributed by atoms with Crippen molar-refractivity contribution in [1.29, 1.82) is 0 Å². The molecule has 1 aromatic carbocycles. The van der Waals surface area contributed by atoms with Gasteiger partial charge in [-0.2, -0.15) is 0 Å². The second kappa shape index (κ2) is 5.51. The van der Waals surface area contributed by atoms with Crippen LogP contribution < -0.4 is 9.64 Å². The molecule has 1 N–H and O–H groups in total. The van der Waals surface area contributed by atoms with Gasteiger partial charge in [-0.05, 0) is 24.5 Å². The topological polar surface area (TPSA) is 49.8 Å². The van der Waals surface area contributed by atoms with E-state index in [2.05, 4.69) is 27.7 Å². The van der Waals surface area contributed by atoms with E-state index in [0.29, 0.717) is 17.0 Å². The molecule has 0 aliphatic carbocycles. The molecule has 4 nitrogen and oxygen atoms in total. The smallest absolute Gasteiger partial charge is 0.337 e. The van der Waals surface area contributed by atoms with Gasteiger partial charge in [-0.15, -0.1) is 0 Å². The first-order valence-corrected chi connectivity index (χ1v) is 6.32. The first kappa shape index (κ1) is 15.3. The summed E-state index contributed by atoms with van der Waals surface area (Å²) in [4.78, 5) is 13.3. The zero-order chi connectivity index (χ0) is 14.8. The number of methoxy groups -OCH3 is 1. The van der Waals surface area contributed by atoms with E-state index in [1.54, 1.807) is 25.3 Å². The van der Waals surface area contributed by atoms with Crippen LogP contribution in [0.15, 0.2) is 18.2 Å². The number of carboxylic acid groups (broad SMARTS) is 1. The number of carboxylic acids is 1. The van der Waals surface area contributed by atoms with Crippen LogP contribution in [0.25, 0.3) is 0 Å². The van der Waals surface area contributed by atoms with Gasteiger partial charge in [0.2, 0.25) is 0 Å². The number of rotatable bonds is 4. The Balaban J connectivity index is 3.26. The zero-order valence-electron chi connectivity index (χ0n) is 12.5. The third-order valence-electron chi connectivity index (χ3n) is 3.65. The zero-order valence-corrected chi connectivity index (χ0v) is 12.5. The van der Waals surface area contributed by atoms with E-state index in [9.17, 15) is 9.90 Å². The highest BCUT2D eigenvalue weighted by Crippen LogP contribution is 2.31. The largest absolute Gasteiger partial charge is 0.497 e. The van der Waals surface area contributed by atoms with Crippen LogP contribution in [0.1, 0.15) is 38.1 Å². The van der Waals surface area contributed by atoms with E-state index in [1.807, 2.05) is 11.9 Å². The molecule has 106 valence electrons. The molecule has 0 aliphatic heterocycles. The number of hydrogen-bond donors (Lipinski definition) is 1. The number of ether oxygens (including phenoxy) is 1. The fraction of sp³-hybridized carbons (Fsp3) is 0.533. The second-order valence-corrected chi connectivity index (χ2v) is 5.84. The Bertz CT molecular complexity index is 463. The van der Waals surface area contributed by atoms with Crippen molar-refractivity contribution >= 4 is 11.7 Å². The standard InChI is InChI=1S/C15H23NO3/c1-10(15(2,3)4)16(5)13-9-11(19-6)7-8-12(13)14(17)18/h7-10H,1-6H3,(H,17,18). The molecule has 19 heavy (non-hydrogen) atoms. The van der Waals surface area contributed by atoms with Gasteiger partial charge in [-0.3, -0.25) is 0 Å². The molecule has 1 aromatic rings. The highest BCUT2D eigenvalue weighted by Gasteiger charge is 2.26. The molecule has 0 aromatic heterocycles. The van der Waals surface area contributed by atoms with E-state index in [-0.39, 0.29) is 11.5 Å². The third kappa shape index (κ3) is 3.40. The fourth-order valence-corrected chi connectivity index (χ4v) is 1.90. The van der Waals surface area contributed by atoms with Crippen molar-refractivity contribution in [2.24, 2.45) is 5.41 Å². The van der Waals surface area contributed by atoms with Crippen LogP contribution in [0.5, 0.6) is 5.75 Å². The Morgan fingerprint density at radius 3 is 2.37 bits per heavy atom. The molecule has 4 heteroatoms. The number of benzene rings is 1. The molecule has 0 spiro atoms. The summed E-state index contributed by atoms with van der Waals surface area (Å²) in [6.07, 6.45) is 0. The average molecular weight is 265 g/mol. The minimum atomic E-state index is -0.925. The lowest BCUT2D eigenvalue weighted by Crippen LogP contribution is -2.40. The van der Waals surface area contributed by atoms with Crippen LogP contribution in [-0.4, -0.2) is 31.3 Å². The van der Waals surface area contributed by atoms with Gasteiger partial charge >= 0.3 is 5.97 Å². The molecule has 0 aliphatic rings. The molecule has 0 bridgehead atoms. The van der Waals surface area contributed by atoms with Crippen LogP contribution in [-0.2, 0) is 0 Å². The summed E-state index contributed by atoms with van der Waals surface area (Å²) < 4.78 is 5.19. The highest BCUT2D eigenvalue weighted by atomic mass is 16.5. The molecule has 0 amide bonds. The molecular formula is C15H23NO3. The van der Waals surface area contributed by atoms with Crippen molar-refractivity contribution in [1.82, 2.24) is 0 Å². The van der Waals surface area contributed by atoms with Gasteiger partial charge in [0, 0.05) is 19.2 Å². The summed E-state index contributed by atoms with van der Waals surface area (Å²) in [5.74, 6) is -0.265. The summed E-state index contributed by atoms with van der Waals surface area (Å²) in [5, 5.41) is 9.30. The number of aromatic carboxylic acids is 1. The summed E-state index contributed by atoms with van der Waals surface area (Å²) in [5.41, 5.74) is 1.02. The Kier molecular flexibility index (Phi) is 4.45. The van der Waals surface area contributed by atoms with E-state index >= 15 is 0 Å². The number of nitrogens with zero attached hydrogens (tertiary/aromatic N) is 1. The molecule has 0 fully saturated rings. The van der Waals surface area contributed by atoms with Gasteiger partial charge in [0.15, 0.2) is 0 Å². The van der Waals surface area contributed by atoms with Crippen LogP contribution >= 0.6 is 0 Å². The van der Waals surface area contributed by atoms with Crippen molar-refractivity contribution in [3.63, 3.8) is 0 Å². The van der Waals surface area contributed by atoms with Gasteiger partial charge < -0.3 is 14.7 Å². The van der Waals surface area contributed by atoms with Crippen LogP contribution in [0, 0.1) is 5.41 Å². The van der Waals surface area contributed by atoms with E-state index in [4.69, 9.17) is 4.74 Å². The predicted molar refractivity (Wildman–Crippen MR) is 77.3 cm³/mol. The normalized spacial score (nSPS) is 12.9. The monoisotopic (exact) mass is 265 g/mol. The quantitative estimate of drug-likeness (QED) is 0.907. The van der Waals surface area contributed by atoms with Gasteiger partial charge in [0.25, 0.3) is 0 Å². The van der Waals surface area contributed by atoms with Gasteiger partial charge in [-0.1, -0.05) is 20.8 Å². The Morgan fingerprint density at radius 2 is 1.95 bits per heavy atom. The molecule has 0 saturated carbocycles. The van der Waals surface area contributed by atoms with Crippen LogP contribution in [0.3, 0.4) is 0 Å². The van der Waals surface area contributed by atoms with Gasteiger partial charge in [-0.25, -0.2) is 4.79 Å². The summed E-state index contributed by atoms with van der Waals surface area (Å²) in [6, 6.07) is 5.22.